The molecule has 2 aromatic rings. The van der Waals surface area contributed by atoms with Gasteiger partial charge in [-0.25, -0.2) is 9.59 Å². The third-order valence-corrected chi connectivity index (χ3v) is 4.82. The average Bonchev–Trinajstić information content (AvgIpc) is 3.20. The van der Waals surface area contributed by atoms with Crippen LogP contribution >= 0.6 is 0 Å². The summed E-state index contributed by atoms with van der Waals surface area (Å²) in [5.41, 5.74) is 2.33. The molecule has 0 saturated heterocycles. The molecular formula is C22H22N2O6. The third-order valence-electron chi connectivity index (χ3n) is 4.82. The van der Waals surface area contributed by atoms with Crippen molar-refractivity contribution in [1.29, 1.82) is 0 Å². The van der Waals surface area contributed by atoms with Crippen molar-refractivity contribution in [2.24, 2.45) is 0 Å². The summed E-state index contributed by atoms with van der Waals surface area (Å²) < 4.78 is 21.6. The number of benzene rings is 2. The van der Waals surface area contributed by atoms with Crippen molar-refractivity contribution in [3.63, 3.8) is 0 Å². The summed E-state index contributed by atoms with van der Waals surface area (Å²) in [7, 11) is 0. The molecule has 0 radical (unpaired) electrons. The van der Waals surface area contributed by atoms with Crippen LogP contribution in [0, 0.1) is 0 Å². The minimum Gasteiger partial charge on any atom is -0.494 e. The molecular weight excluding hydrogens is 388 g/mol. The monoisotopic (exact) mass is 410 g/mol. The molecule has 0 saturated carbocycles. The van der Waals surface area contributed by atoms with Crippen molar-refractivity contribution >= 4 is 12.0 Å². The molecule has 2 aliphatic rings. The second-order valence-electron chi connectivity index (χ2n) is 6.84. The molecule has 8 nitrogen and oxygen atoms in total. The molecule has 0 fully saturated rings. The lowest BCUT2D eigenvalue weighted by molar-refractivity contribution is -0.140. The van der Waals surface area contributed by atoms with E-state index < -0.39 is 12.0 Å². The molecule has 1 atom stereocenters. The molecule has 30 heavy (non-hydrogen) atoms. The van der Waals surface area contributed by atoms with Gasteiger partial charge in [0, 0.05) is 5.70 Å². The molecule has 2 heterocycles. The number of carbonyl (C=O) groups excluding carboxylic acids is 2. The smallest absolute Gasteiger partial charge is 0.338 e. The summed E-state index contributed by atoms with van der Waals surface area (Å²) in [6, 6.07) is 11.6. The van der Waals surface area contributed by atoms with Gasteiger partial charge in [0.25, 0.3) is 0 Å². The molecule has 1 unspecified atom stereocenters. The van der Waals surface area contributed by atoms with Gasteiger partial charge in [-0.1, -0.05) is 18.2 Å². The molecule has 0 aromatic heterocycles. The maximum Gasteiger partial charge on any atom is 0.338 e. The molecule has 4 rings (SSSR count). The van der Waals surface area contributed by atoms with Crippen LogP contribution in [0.3, 0.4) is 0 Å². The standard InChI is InChI=1S/C22H22N2O6/c1-3-27-16-7-5-15(6-8-16)20-19(13(2)23-22(26)24-20)21(25)28-11-14-4-9-17-18(10-14)30-12-29-17/h4-10,20H,3,11-12H2,1-2H3,(H2,23,24,26). The second kappa shape index (κ2) is 8.36. The number of allylic oxidation sites excluding steroid dienone is 1. The van der Waals surface area contributed by atoms with Gasteiger partial charge in [0.1, 0.15) is 12.4 Å². The Balaban J connectivity index is 1.52. The number of fused-ring (bicyclic) bond motifs is 1. The summed E-state index contributed by atoms with van der Waals surface area (Å²) in [5, 5.41) is 5.43. The number of ether oxygens (including phenoxy) is 4. The number of hydrogen-bond donors (Lipinski definition) is 2. The molecule has 0 bridgehead atoms. The number of hydrogen-bond acceptors (Lipinski definition) is 6. The van der Waals surface area contributed by atoms with Gasteiger partial charge in [-0.2, -0.15) is 0 Å². The molecule has 2 aliphatic heterocycles. The van der Waals surface area contributed by atoms with Crippen LogP contribution in [-0.4, -0.2) is 25.4 Å². The fourth-order valence-corrected chi connectivity index (χ4v) is 3.39. The Bertz CT molecular complexity index is 999. The lowest BCUT2D eigenvalue weighted by Crippen LogP contribution is -2.45. The van der Waals surface area contributed by atoms with Crippen molar-refractivity contribution in [3.05, 3.63) is 64.9 Å². The van der Waals surface area contributed by atoms with Crippen molar-refractivity contribution in [2.45, 2.75) is 26.5 Å². The molecule has 2 N–H and O–H groups in total. The lowest BCUT2D eigenvalue weighted by atomic mass is 9.95. The van der Waals surface area contributed by atoms with Crippen molar-refractivity contribution in [1.82, 2.24) is 10.6 Å². The highest BCUT2D eigenvalue weighted by atomic mass is 16.7. The van der Waals surface area contributed by atoms with Crippen molar-refractivity contribution in [3.8, 4) is 17.2 Å². The van der Waals surface area contributed by atoms with Crippen LogP contribution < -0.4 is 24.8 Å². The first-order valence-corrected chi connectivity index (χ1v) is 9.62. The Hall–Kier alpha value is -3.68. The van der Waals surface area contributed by atoms with Gasteiger partial charge in [0.15, 0.2) is 11.5 Å². The van der Waals surface area contributed by atoms with Gasteiger partial charge < -0.3 is 29.6 Å². The van der Waals surface area contributed by atoms with Crippen LogP contribution in [0.4, 0.5) is 4.79 Å². The van der Waals surface area contributed by atoms with E-state index in [1.165, 1.54) is 0 Å². The number of urea groups is 1. The highest BCUT2D eigenvalue weighted by molar-refractivity contribution is 5.95. The largest absolute Gasteiger partial charge is 0.494 e. The maximum absolute atomic E-state index is 12.9. The average molecular weight is 410 g/mol. The topological polar surface area (TPSA) is 95.1 Å². The van der Waals surface area contributed by atoms with Gasteiger partial charge >= 0.3 is 12.0 Å². The van der Waals surface area contributed by atoms with Crippen LogP contribution in [0.15, 0.2) is 53.7 Å². The van der Waals surface area contributed by atoms with Crippen LogP contribution in [0.2, 0.25) is 0 Å². The van der Waals surface area contributed by atoms with E-state index in [4.69, 9.17) is 18.9 Å². The minimum atomic E-state index is -0.626. The van der Waals surface area contributed by atoms with E-state index in [0.717, 1.165) is 11.1 Å². The summed E-state index contributed by atoms with van der Waals surface area (Å²) in [4.78, 5) is 24.9. The number of carbonyl (C=O) groups is 2. The number of nitrogens with one attached hydrogen (secondary N) is 2. The zero-order valence-corrected chi connectivity index (χ0v) is 16.7. The van der Waals surface area contributed by atoms with E-state index in [1.807, 2.05) is 25.1 Å². The van der Waals surface area contributed by atoms with Crippen LogP contribution in [0.25, 0.3) is 0 Å². The van der Waals surface area contributed by atoms with Gasteiger partial charge in [0.2, 0.25) is 6.79 Å². The fraction of sp³-hybridized carbons (Fsp3) is 0.273. The third kappa shape index (κ3) is 4.03. The Labute approximate surface area is 173 Å². The quantitative estimate of drug-likeness (QED) is 0.711. The molecule has 0 spiro atoms. The molecule has 8 heteroatoms. The highest BCUT2D eigenvalue weighted by Gasteiger charge is 2.32. The summed E-state index contributed by atoms with van der Waals surface area (Å²) >= 11 is 0. The van der Waals surface area contributed by atoms with Gasteiger partial charge in [0.05, 0.1) is 18.2 Å². The number of esters is 1. The summed E-state index contributed by atoms with van der Waals surface area (Å²) in [6.07, 6.45) is 0. The number of amides is 2. The van der Waals surface area contributed by atoms with E-state index in [-0.39, 0.29) is 19.4 Å². The molecule has 2 aromatic carbocycles. The van der Waals surface area contributed by atoms with E-state index >= 15 is 0 Å². The number of rotatable bonds is 6. The van der Waals surface area contributed by atoms with Crippen LogP contribution in [-0.2, 0) is 16.1 Å². The molecule has 156 valence electrons. The normalized spacial score (nSPS) is 17.3. The Morgan fingerprint density at radius 2 is 1.90 bits per heavy atom. The fourth-order valence-electron chi connectivity index (χ4n) is 3.39. The van der Waals surface area contributed by atoms with E-state index in [1.54, 1.807) is 31.2 Å². The Kier molecular flexibility index (Phi) is 5.47. The van der Waals surface area contributed by atoms with Gasteiger partial charge in [-0.3, -0.25) is 0 Å². The van der Waals surface area contributed by atoms with Gasteiger partial charge in [-0.15, -0.1) is 0 Å². The zero-order chi connectivity index (χ0) is 21.1. The van der Waals surface area contributed by atoms with E-state index in [2.05, 4.69) is 10.6 Å². The predicted molar refractivity (Wildman–Crippen MR) is 107 cm³/mol. The first kappa shape index (κ1) is 19.6. The predicted octanol–water partition coefficient (Wildman–Crippen LogP) is 3.19. The Morgan fingerprint density at radius 1 is 1.13 bits per heavy atom. The van der Waals surface area contributed by atoms with Crippen LogP contribution in [0.1, 0.15) is 31.0 Å². The maximum atomic E-state index is 12.9. The minimum absolute atomic E-state index is 0.0657. The van der Waals surface area contributed by atoms with E-state index in [0.29, 0.717) is 35.1 Å². The second-order valence-corrected chi connectivity index (χ2v) is 6.84. The SMILES string of the molecule is CCOc1ccc(C2NC(=O)NC(C)=C2C(=O)OCc2ccc3c(c2)OCO3)cc1. The highest BCUT2D eigenvalue weighted by Crippen LogP contribution is 2.33. The first-order valence-electron chi connectivity index (χ1n) is 9.62. The van der Waals surface area contributed by atoms with E-state index in [9.17, 15) is 9.59 Å². The summed E-state index contributed by atoms with van der Waals surface area (Å²) in [6.45, 7) is 4.38. The van der Waals surface area contributed by atoms with Crippen molar-refractivity contribution in [2.75, 3.05) is 13.4 Å². The molecule has 2 amide bonds. The zero-order valence-electron chi connectivity index (χ0n) is 16.7. The van der Waals surface area contributed by atoms with Crippen molar-refractivity contribution < 1.29 is 28.5 Å². The summed E-state index contributed by atoms with van der Waals surface area (Å²) in [5.74, 6) is 1.49. The van der Waals surface area contributed by atoms with Gasteiger partial charge in [-0.05, 0) is 49.2 Å². The lowest BCUT2D eigenvalue weighted by Gasteiger charge is -2.28. The van der Waals surface area contributed by atoms with Crippen LogP contribution in [0.5, 0.6) is 17.2 Å². The molecule has 0 aliphatic carbocycles. The Morgan fingerprint density at radius 3 is 2.67 bits per heavy atom. The first-order chi connectivity index (χ1) is 14.5.